The van der Waals surface area contributed by atoms with Gasteiger partial charge >= 0.3 is 0 Å². The minimum atomic E-state index is -0.241. The maximum atomic E-state index is 12.1. The Balaban J connectivity index is 2.07. The third-order valence-electron chi connectivity index (χ3n) is 2.86. The van der Waals surface area contributed by atoms with E-state index in [2.05, 4.69) is 5.32 Å². The molecule has 0 aliphatic heterocycles. The number of phenolic OH excluding ortho intramolecular Hbond substituents is 1. The SMILES string of the molecule is COc1cc(N)ccc1C(=O)NCc1ccc(O)cc1. The number of methoxy groups -OCH3 is 1. The van der Waals surface area contributed by atoms with E-state index in [1.54, 1.807) is 42.5 Å². The van der Waals surface area contributed by atoms with Gasteiger partial charge in [0.1, 0.15) is 11.5 Å². The van der Waals surface area contributed by atoms with Crippen LogP contribution >= 0.6 is 0 Å². The first-order valence-electron chi connectivity index (χ1n) is 6.10. The second kappa shape index (κ2) is 5.97. The molecule has 0 aliphatic carbocycles. The van der Waals surface area contributed by atoms with Crippen LogP contribution < -0.4 is 15.8 Å². The monoisotopic (exact) mass is 272 g/mol. The summed E-state index contributed by atoms with van der Waals surface area (Å²) >= 11 is 0. The van der Waals surface area contributed by atoms with Gasteiger partial charge in [0.15, 0.2) is 0 Å². The van der Waals surface area contributed by atoms with Gasteiger partial charge < -0.3 is 20.9 Å². The number of amides is 1. The standard InChI is InChI=1S/C15H16N2O3/c1-20-14-8-11(16)4-7-13(14)15(19)17-9-10-2-5-12(18)6-3-10/h2-8,18H,9,16H2,1H3,(H,17,19). The summed E-state index contributed by atoms with van der Waals surface area (Å²) in [7, 11) is 1.49. The summed E-state index contributed by atoms with van der Waals surface area (Å²) in [5.41, 5.74) is 7.51. The maximum Gasteiger partial charge on any atom is 0.255 e. The van der Waals surface area contributed by atoms with Gasteiger partial charge in [-0.15, -0.1) is 0 Å². The highest BCUT2D eigenvalue weighted by atomic mass is 16.5. The van der Waals surface area contributed by atoms with Gasteiger partial charge in [0, 0.05) is 18.3 Å². The zero-order chi connectivity index (χ0) is 14.5. The second-order valence-corrected chi connectivity index (χ2v) is 4.31. The number of carbonyl (C=O) groups excluding carboxylic acids is 1. The van der Waals surface area contributed by atoms with Crippen LogP contribution in [0.25, 0.3) is 0 Å². The fraction of sp³-hybridized carbons (Fsp3) is 0.133. The van der Waals surface area contributed by atoms with Crippen molar-refractivity contribution in [3.8, 4) is 11.5 Å². The Bertz CT molecular complexity index is 609. The van der Waals surface area contributed by atoms with Crippen LogP contribution in [0.15, 0.2) is 42.5 Å². The minimum Gasteiger partial charge on any atom is -0.508 e. The van der Waals surface area contributed by atoms with Crippen molar-refractivity contribution in [2.45, 2.75) is 6.54 Å². The molecule has 0 bridgehead atoms. The molecule has 2 rings (SSSR count). The Hall–Kier alpha value is -2.69. The van der Waals surface area contributed by atoms with Gasteiger partial charge in [-0.25, -0.2) is 0 Å². The molecule has 0 atom stereocenters. The number of benzene rings is 2. The van der Waals surface area contributed by atoms with Gasteiger partial charge in [0.2, 0.25) is 0 Å². The molecule has 0 saturated heterocycles. The smallest absolute Gasteiger partial charge is 0.255 e. The Morgan fingerprint density at radius 3 is 2.60 bits per heavy atom. The summed E-state index contributed by atoms with van der Waals surface area (Å²) in [6.45, 7) is 0.368. The zero-order valence-corrected chi connectivity index (χ0v) is 11.1. The topological polar surface area (TPSA) is 84.6 Å². The van der Waals surface area contributed by atoms with Gasteiger partial charge in [0.25, 0.3) is 5.91 Å². The van der Waals surface area contributed by atoms with E-state index in [-0.39, 0.29) is 11.7 Å². The van der Waals surface area contributed by atoms with Crippen molar-refractivity contribution in [2.75, 3.05) is 12.8 Å². The van der Waals surface area contributed by atoms with Crippen molar-refractivity contribution < 1.29 is 14.6 Å². The number of ether oxygens (including phenoxy) is 1. The first-order valence-corrected chi connectivity index (χ1v) is 6.10. The van der Waals surface area contributed by atoms with E-state index in [0.717, 1.165) is 5.56 Å². The molecule has 5 heteroatoms. The van der Waals surface area contributed by atoms with Gasteiger partial charge in [-0.1, -0.05) is 12.1 Å². The Morgan fingerprint density at radius 1 is 1.25 bits per heavy atom. The van der Waals surface area contributed by atoms with Gasteiger partial charge in [0.05, 0.1) is 12.7 Å². The Morgan fingerprint density at radius 2 is 1.95 bits per heavy atom. The predicted molar refractivity (Wildman–Crippen MR) is 76.7 cm³/mol. The number of rotatable bonds is 4. The van der Waals surface area contributed by atoms with Crippen molar-refractivity contribution in [3.63, 3.8) is 0 Å². The number of hydrogen-bond donors (Lipinski definition) is 3. The molecule has 0 radical (unpaired) electrons. The van der Waals surface area contributed by atoms with Crippen molar-refractivity contribution in [3.05, 3.63) is 53.6 Å². The van der Waals surface area contributed by atoms with Gasteiger partial charge in [-0.05, 0) is 29.8 Å². The molecule has 20 heavy (non-hydrogen) atoms. The van der Waals surface area contributed by atoms with E-state index in [9.17, 15) is 9.90 Å². The van der Waals surface area contributed by atoms with Crippen LogP contribution in [-0.4, -0.2) is 18.1 Å². The molecule has 2 aromatic rings. The lowest BCUT2D eigenvalue weighted by atomic mass is 10.1. The molecule has 0 spiro atoms. The molecule has 0 heterocycles. The number of nitrogen functional groups attached to an aromatic ring is 1. The van der Waals surface area contributed by atoms with Gasteiger partial charge in [-0.2, -0.15) is 0 Å². The third-order valence-corrected chi connectivity index (χ3v) is 2.86. The van der Waals surface area contributed by atoms with Gasteiger partial charge in [-0.3, -0.25) is 4.79 Å². The van der Waals surface area contributed by atoms with E-state index in [1.807, 2.05) is 0 Å². The number of hydrogen-bond acceptors (Lipinski definition) is 4. The summed E-state index contributed by atoms with van der Waals surface area (Å²) in [5.74, 6) is 0.392. The number of aromatic hydroxyl groups is 1. The number of anilines is 1. The average molecular weight is 272 g/mol. The highest BCUT2D eigenvalue weighted by Gasteiger charge is 2.12. The van der Waals surface area contributed by atoms with E-state index in [0.29, 0.717) is 23.5 Å². The largest absolute Gasteiger partial charge is 0.508 e. The highest BCUT2D eigenvalue weighted by molar-refractivity contribution is 5.97. The first-order chi connectivity index (χ1) is 9.60. The fourth-order valence-corrected chi connectivity index (χ4v) is 1.79. The minimum absolute atomic E-state index is 0.195. The number of nitrogens with one attached hydrogen (secondary N) is 1. The summed E-state index contributed by atoms with van der Waals surface area (Å²) in [6, 6.07) is 11.5. The van der Waals surface area contributed by atoms with E-state index in [4.69, 9.17) is 10.5 Å². The van der Waals surface area contributed by atoms with Crippen molar-refractivity contribution >= 4 is 11.6 Å². The summed E-state index contributed by atoms with van der Waals surface area (Å²) in [5, 5.41) is 12.0. The lowest BCUT2D eigenvalue weighted by Crippen LogP contribution is -2.23. The highest BCUT2D eigenvalue weighted by Crippen LogP contribution is 2.21. The lowest BCUT2D eigenvalue weighted by molar-refractivity contribution is 0.0948. The fourth-order valence-electron chi connectivity index (χ4n) is 1.79. The zero-order valence-electron chi connectivity index (χ0n) is 11.1. The Kier molecular flexibility index (Phi) is 4.10. The van der Waals surface area contributed by atoms with Crippen LogP contribution in [0.5, 0.6) is 11.5 Å². The van der Waals surface area contributed by atoms with E-state index < -0.39 is 0 Å². The van der Waals surface area contributed by atoms with Crippen LogP contribution in [0.3, 0.4) is 0 Å². The molecule has 0 fully saturated rings. The second-order valence-electron chi connectivity index (χ2n) is 4.31. The molecule has 0 saturated carbocycles. The quantitative estimate of drug-likeness (QED) is 0.742. The molecule has 104 valence electrons. The molecule has 0 aromatic heterocycles. The molecule has 1 amide bonds. The lowest BCUT2D eigenvalue weighted by Gasteiger charge is -2.10. The summed E-state index contributed by atoms with van der Waals surface area (Å²) in [6.07, 6.45) is 0. The van der Waals surface area contributed by atoms with Crippen LogP contribution in [0.2, 0.25) is 0 Å². The molecule has 2 aromatic carbocycles. The van der Waals surface area contributed by atoms with Crippen LogP contribution in [0, 0.1) is 0 Å². The van der Waals surface area contributed by atoms with Crippen molar-refractivity contribution in [2.24, 2.45) is 0 Å². The van der Waals surface area contributed by atoms with E-state index in [1.165, 1.54) is 7.11 Å². The van der Waals surface area contributed by atoms with Crippen LogP contribution in [0.1, 0.15) is 15.9 Å². The van der Waals surface area contributed by atoms with Crippen LogP contribution in [-0.2, 0) is 6.54 Å². The van der Waals surface area contributed by atoms with Crippen molar-refractivity contribution in [1.29, 1.82) is 0 Å². The molecule has 0 aliphatic rings. The average Bonchev–Trinajstić information content (AvgIpc) is 2.46. The molecule has 0 unspecified atom stereocenters. The number of phenols is 1. The van der Waals surface area contributed by atoms with Crippen LogP contribution in [0.4, 0.5) is 5.69 Å². The third kappa shape index (κ3) is 3.20. The molecule has 4 N–H and O–H groups in total. The Labute approximate surface area is 117 Å². The molecule has 5 nitrogen and oxygen atoms in total. The first kappa shape index (κ1) is 13.7. The molecular weight excluding hydrogens is 256 g/mol. The number of carbonyl (C=O) groups is 1. The van der Waals surface area contributed by atoms with E-state index >= 15 is 0 Å². The van der Waals surface area contributed by atoms with Crippen molar-refractivity contribution in [1.82, 2.24) is 5.32 Å². The maximum absolute atomic E-state index is 12.1. The summed E-state index contributed by atoms with van der Waals surface area (Å²) in [4.78, 5) is 12.1. The summed E-state index contributed by atoms with van der Waals surface area (Å²) < 4.78 is 5.14. The molecular formula is C15H16N2O3. The normalized spacial score (nSPS) is 10.1. The predicted octanol–water partition coefficient (Wildman–Crippen LogP) is 1.91. The number of nitrogens with two attached hydrogens (primary N) is 1.